The molecule has 136 valence electrons. The lowest BCUT2D eigenvalue weighted by Gasteiger charge is -2.13. The normalized spacial score (nSPS) is 15.1. The number of hydrogen-bond donors (Lipinski definition) is 2. The van der Waals surface area contributed by atoms with E-state index in [2.05, 4.69) is 5.32 Å². The van der Waals surface area contributed by atoms with E-state index in [0.717, 1.165) is 10.4 Å². The predicted molar refractivity (Wildman–Crippen MR) is 85.7 cm³/mol. The molecule has 0 atom stereocenters. The third kappa shape index (κ3) is 3.97. The average molecular weight is 370 g/mol. The van der Waals surface area contributed by atoms with Gasteiger partial charge in [0.15, 0.2) is 0 Å². The van der Waals surface area contributed by atoms with Gasteiger partial charge in [0.25, 0.3) is 21.8 Å². The number of rotatable bonds is 8. The molecule has 2 rings (SSSR count). The molecular formula is C15H18N2O7S. The molecule has 25 heavy (non-hydrogen) atoms. The number of hydrogen-bond acceptors (Lipinski definition) is 6. The Balaban J connectivity index is 2.16. The minimum atomic E-state index is -4.01. The number of carboxylic acid groups (broad SMARTS) is 1. The van der Waals surface area contributed by atoms with Crippen LogP contribution in [0.3, 0.4) is 0 Å². The minimum absolute atomic E-state index is 0.0125. The van der Waals surface area contributed by atoms with Gasteiger partial charge in [-0.2, -0.15) is 0 Å². The molecule has 9 nitrogen and oxygen atoms in total. The summed E-state index contributed by atoms with van der Waals surface area (Å²) in [6.07, 6.45) is 0.176. The van der Waals surface area contributed by atoms with E-state index in [0.29, 0.717) is 0 Å². The standard InChI is InChI=1S/C15H18N2O7S/c1-24-8-7-17-15(21)11-5-4-10(9-12(11)25(17,22)23)14(20)16-6-2-3-13(18)19/h4-5,9H,2-3,6-8H2,1H3,(H,16,20)(H,18,19). The number of carboxylic acids is 1. The van der Waals surface area contributed by atoms with Crippen molar-refractivity contribution < 1.29 is 32.6 Å². The molecule has 1 aliphatic heterocycles. The summed E-state index contributed by atoms with van der Waals surface area (Å²) in [5.74, 6) is -2.15. The fourth-order valence-electron chi connectivity index (χ4n) is 2.36. The fraction of sp³-hybridized carbons (Fsp3) is 0.400. The number of nitrogens with zero attached hydrogens (tertiary/aromatic N) is 1. The number of carbonyl (C=O) groups excluding carboxylic acids is 2. The summed E-state index contributed by atoms with van der Waals surface area (Å²) >= 11 is 0. The highest BCUT2D eigenvalue weighted by Crippen LogP contribution is 2.30. The first-order valence-electron chi connectivity index (χ1n) is 7.49. The van der Waals surface area contributed by atoms with Crippen LogP contribution >= 0.6 is 0 Å². The van der Waals surface area contributed by atoms with Crippen LogP contribution in [0.15, 0.2) is 23.1 Å². The summed E-state index contributed by atoms with van der Waals surface area (Å²) < 4.78 is 30.5. The van der Waals surface area contributed by atoms with Gasteiger partial charge >= 0.3 is 5.97 Å². The lowest BCUT2D eigenvalue weighted by Crippen LogP contribution is -2.33. The molecule has 10 heteroatoms. The average Bonchev–Trinajstić information content (AvgIpc) is 2.75. The summed E-state index contributed by atoms with van der Waals surface area (Å²) in [7, 11) is -2.62. The van der Waals surface area contributed by atoms with Gasteiger partial charge in [-0.1, -0.05) is 0 Å². The lowest BCUT2D eigenvalue weighted by molar-refractivity contribution is -0.137. The van der Waals surface area contributed by atoms with Crippen LogP contribution in [-0.4, -0.2) is 62.4 Å². The van der Waals surface area contributed by atoms with Gasteiger partial charge in [-0.15, -0.1) is 0 Å². The molecule has 0 saturated carbocycles. The maximum Gasteiger partial charge on any atom is 0.303 e. The number of carbonyl (C=O) groups is 3. The van der Waals surface area contributed by atoms with Gasteiger partial charge in [0.05, 0.1) is 18.7 Å². The second-order valence-electron chi connectivity index (χ2n) is 5.34. The first-order valence-corrected chi connectivity index (χ1v) is 8.93. The molecule has 2 amide bonds. The molecule has 1 aromatic rings. The zero-order valence-electron chi connectivity index (χ0n) is 13.5. The number of amides is 2. The van der Waals surface area contributed by atoms with Gasteiger partial charge in [-0.25, -0.2) is 12.7 Å². The Kier molecular flexibility index (Phi) is 5.75. The van der Waals surface area contributed by atoms with Gasteiger partial charge in [0.1, 0.15) is 4.90 Å². The van der Waals surface area contributed by atoms with Crippen LogP contribution in [0.1, 0.15) is 33.6 Å². The molecule has 0 radical (unpaired) electrons. The Morgan fingerprint density at radius 3 is 2.68 bits per heavy atom. The van der Waals surface area contributed by atoms with E-state index in [9.17, 15) is 22.8 Å². The molecule has 0 fully saturated rings. The predicted octanol–water partition coefficient (Wildman–Crippen LogP) is 0.0721. The molecule has 0 aromatic heterocycles. The number of sulfonamides is 1. The van der Waals surface area contributed by atoms with Crippen molar-refractivity contribution in [2.45, 2.75) is 17.7 Å². The van der Waals surface area contributed by atoms with Crippen LogP contribution in [0, 0.1) is 0 Å². The number of fused-ring (bicyclic) bond motifs is 1. The lowest BCUT2D eigenvalue weighted by atomic mass is 10.1. The van der Waals surface area contributed by atoms with Crippen molar-refractivity contribution in [3.05, 3.63) is 29.3 Å². The van der Waals surface area contributed by atoms with Gasteiger partial charge in [-0.3, -0.25) is 14.4 Å². The number of benzene rings is 1. The second kappa shape index (κ2) is 7.62. The molecular weight excluding hydrogens is 352 g/mol. The van der Waals surface area contributed by atoms with Gasteiger partial charge < -0.3 is 15.2 Å². The van der Waals surface area contributed by atoms with E-state index in [4.69, 9.17) is 9.84 Å². The highest BCUT2D eigenvalue weighted by atomic mass is 32.2. The van der Waals surface area contributed by atoms with E-state index in [1.807, 2.05) is 0 Å². The minimum Gasteiger partial charge on any atom is -0.481 e. The summed E-state index contributed by atoms with van der Waals surface area (Å²) in [5, 5.41) is 11.1. The molecule has 0 spiro atoms. The summed E-state index contributed by atoms with van der Waals surface area (Å²) in [4.78, 5) is 34.5. The summed E-state index contributed by atoms with van der Waals surface area (Å²) in [6.45, 7) is 0.104. The van der Waals surface area contributed by atoms with E-state index < -0.39 is 27.8 Å². The quantitative estimate of drug-likeness (QED) is 0.619. The molecule has 1 heterocycles. The molecule has 0 aliphatic carbocycles. The molecule has 0 unspecified atom stereocenters. The first-order chi connectivity index (χ1) is 11.8. The monoisotopic (exact) mass is 370 g/mol. The zero-order chi connectivity index (χ0) is 18.6. The molecule has 2 N–H and O–H groups in total. The maximum absolute atomic E-state index is 12.5. The van der Waals surface area contributed by atoms with E-state index in [1.54, 1.807) is 0 Å². The van der Waals surface area contributed by atoms with E-state index in [-0.39, 0.29) is 48.6 Å². The van der Waals surface area contributed by atoms with Crippen molar-refractivity contribution in [2.75, 3.05) is 26.8 Å². The SMILES string of the molecule is COCCN1C(=O)c2ccc(C(=O)NCCCC(=O)O)cc2S1(=O)=O. The second-order valence-corrected chi connectivity index (χ2v) is 7.17. The van der Waals surface area contributed by atoms with Gasteiger partial charge in [0, 0.05) is 25.6 Å². The number of ether oxygens (including phenoxy) is 1. The van der Waals surface area contributed by atoms with Gasteiger partial charge in [-0.05, 0) is 24.6 Å². The van der Waals surface area contributed by atoms with Crippen molar-refractivity contribution in [2.24, 2.45) is 0 Å². The van der Waals surface area contributed by atoms with Crippen molar-refractivity contribution in [1.82, 2.24) is 9.62 Å². The van der Waals surface area contributed by atoms with Crippen LogP contribution in [0.4, 0.5) is 0 Å². The van der Waals surface area contributed by atoms with Crippen LogP contribution in [0.2, 0.25) is 0 Å². The highest BCUT2D eigenvalue weighted by Gasteiger charge is 2.41. The summed E-state index contributed by atoms with van der Waals surface area (Å²) in [5.41, 5.74) is 0.0950. The van der Waals surface area contributed by atoms with Gasteiger partial charge in [0.2, 0.25) is 0 Å². The smallest absolute Gasteiger partial charge is 0.303 e. The largest absolute Gasteiger partial charge is 0.481 e. The third-order valence-electron chi connectivity index (χ3n) is 3.62. The van der Waals surface area contributed by atoms with E-state index >= 15 is 0 Å². The number of methoxy groups -OCH3 is 1. The van der Waals surface area contributed by atoms with Crippen LogP contribution < -0.4 is 5.32 Å². The fourth-order valence-corrected chi connectivity index (χ4v) is 3.93. The Morgan fingerprint density at radius 2 is 2.04 bits per heavy atom. The Hall–Kier alpha value is -2.46. The topological polar surface area (TPSA) is 130 Å². The maximum atomic E-state index is 12.5. The molecule has 1 aliphatic rings. The van der Waals surface area contributed by atoms with E-state index in [1.165, 1.54) is 19.2 Å². The number of nitrogens with one attached hydrogen (secondary N) is 1. The molecule has 0 saturated heterocycles. The Bertz CT molecular complexity index is 804. The molecule has 0 bridgehead atoms. The Morgan fingerprint density at radius 1 is 1.32 bits per heavy atom. The summed E-state index contributed by atoms with van der Waals surface area (Å²) in [6, 6.07) is 3.81. The number of aliphatic carboxylic acids is 1. The van der Waals surface area contributed by atoms with Crippen molar-refractivity contribution in [1.29, 1.82) is 0 Å². The Labute approximate surface area is 144 Å². The van der Waals surface area contributed by atoms with Crippen LogP contribution in [-0.2, 0) is 19.6 Å². The van der Waals surface area contributed by atoms with Crippen LogP contribution in [0.25, 0.3) is 0 Å². The van der Waals surface area contributed by atoms with Crippen molar-refractivity contribution in [3.63, 3.8) is 0 Å². The first kappa shape index (κ1) is 18.9. The zero-order valence-corrected chi connectivity index (χ0v) is 14.3. The highest BCUT2D eigenvalue weighted by molar-refractivity contribution is 7.90. The van der Waals surface area contributed by atoms with Crippen molar-refractivity contribution in [3.8, 4) is 0 Å². The van der Waals surface area contributed by atoms with Crippen LogP contribution in [0.5, 0.6) is 0 Å². The van der Waals surface area contributed by atoms with Crippen molar-refractivity contribution >= 4 is 27.8 Å². The third-order valence-corrected chi connectivity index (χ3v) is 5.44. The molecule has 1 aromatic carbocycles.